The third-order valence-electron chi connectivity index (χ3n) is 4.23. The van der Waals surface area contributed by atoms with E-state index in [2.05, 4.69) is 0 Å². The molecule has 138 valence electrons. The Hall–Kier alpha value is -3.31. The molecule has 0 aliphatic carbocycles. The van der Waals surface area contributed by atoms with Crippen LogP contribution in [-0.4, -0.2) is 30.1 Å². The normalized spacial score (nSPS) is 11.1. The van der Waals surface area contributed by atoms with E-state index in [4.69, 9.17) is 4.42 Å². The molecule has 1 heterocycles. The molecule has 5 heteroatoms. The van der Waals surface area contributed by atoms with Crippen LogP contribution in [0.15, 0.2) is 65.1 Å². The van der Waals surface area contributed by atoms with Crippen LogP contribution in [0.4, 0.5) is 5.69 Å². The topological polar surface area (TPSA) is 73.9 Å². The lowest BCUT2D eigenvalue weighted by Gasteiger charge is -2.11. The number of benzene rings is 2. The highest BCUT2D eigenvalue weighted by molar-refractivity contribution is 6.06. The molecule has 0 atom stereocenters. The summed E-state index contributed by atoms with van der Waals surface area (Å²) >= 11 is 0. The van der Waals surface area contributed by atoms with Crippen LogP contribution in [0.25, 0.3) is 17.4 Å². The van der Waals surface area contributed by atoms with Crippen molar-refractivity contribution >= 4 is 17.5 Å². The summed E-state index contributed by atoms with van der Waals surface area (Å²) in [4.78, 5) is 14.3. The van der Waals surface area contributed by atoms with Crippen molar-refractivity contribution in [1.82, 2.24) is 0 Å². The molecular formula is C22H21NO4. The predicted molar refractivity (Wildman–Crippen MR) is 106 cm³/mol. The molecule has 0 radical (unpaired) electrons. The van der Waals surface area contributed by atoms with E-state index in [-0.39, 0.29) is 18.1 Å². The zero-order valence-corrected chi connectivity index (χ0v) is 15.2. The molecule has 1 aromatic heterocycles. The number of anilines is 1. The smallest absolute Gasteiger partial charge is 0.185 e. The van der Waals surface area contributed by atoms with Gasteiger partial charge in [-0.25, -0.2) is 0 Å². The monoisotopic (exact) mass is 363 g/mol. The van der Waals surface area contributed by atoms with E-state index < -0.39 is 0 Å². The molecule has 0 amide bonds. The van der Waals surface area contributed by atoms with Gasteiger partial charge in [-0.1, -0.05) is 0 Å². The number of furan rings is 1. The van der Waals surface area contributed by atoms with E-state index >= 15 is 0 Å². The molecule has 0 bridgehead atoms. The maximum atomic E-state index is 12.3. The number of allylic oxidation sites excluding steroid dienone is 1. The number of phenols is 1. The molecule has 5 nitrogen and oxygen atoms in total. The molecule has 0 saturated carbocycles. The van der Waals surface area contributed by atoms with Gasteiger partial charge in [0, 0.05) is 36.5 Å². The van der Waals surface area contributed by atoms with Crippen LogP contribution in [0.1, 0.15) is 21.7 Å². The summed E-state index contributed by atoms with van der Waals surface area (Å²) in [6.07, 6.45) is 3.10. The van der Waals surface area contributed by atoms with E-state index in [0.717, 1.165) is 11.3 Å². The third-order valence-corrected chi connectivity index (χ3v) is 4.23. The Labute approximate surface area is 157 Å². The van der Waals surface area contributed by atoms with Crippen LogP contribution in [-0.2, 0) is 6.61 Å². The molecule has 0 saturated heterocycles. The zero-order chi connectivity index (χ0) is 19.4. The summed E-state index contributed by atoms with van der Waals surface area (Å²) in [5.74, 6) is 1.07. The Kier molecular flexibility index (Phi) is 5.43. The van der Waals surface area contributed by atoms with Gasteiger partial charge in [-0.3, -0.25) is 4.79 Å². The number of aliphatic hydroxyl groups excluding tert-OH is 1. The maximum absolute atomic E-state index is 12.3. The molecule has 0 unspecified atom stereocenters. The Morgan fingerprint density at radius 3 is 2.48 bits per heavy atom. The molecule has 0 spiro atoms. The average Bonchev–Trinajstić information content (AvgIpc) is 3.15. The van der Waals surface area contributed by atoms with Gasteiger partial charge in [-0.15, -0.1) is 0 Å². The minimum atomic E-state index is -0.256. The lowest BCUT2D eigenvalue weighted by atomic mass is 10.1. The van der Waals surface area contributed by atoms with Gasteiger partial charge in [-0.05, 0) is 66.7 Å². The number of carbonyl (C=O) groups is 1. The lowest BCUT2D eigenvalue weighted by Crippen LogP contribution is -2.08. The fourth-order valence-electron chi connectivity index (χ4n) is 2.64. The van der Waals surface area contributed by atoms with E-state index in [1.807, 2.05) is 31.1 Å². The van der Waals surface area contributed by atoms with Crippen molar-refractivity contribution in [3.8, 4) is 17.1 Å². The van der Waals surface area contributed by atoms with Gasteiger partial charge < -0.3 is 19.5 Å². The number of aromatic hydroxyl groups is 1. The minimum Gasteiger partial charge on any atom is -0.508 e. The van der Waals surface area contributed by atoms with Crippen molar-refractivity contribution in [3.05, 3.63) is 77.6 Å². The summed E-state index contributed by atoms with van der Waals surface area (Å²) in [5.41, 5.74) is 2.80. The quantitative estimate of drug-likeness (QED) is 0.509. The van der Waals surface area contributed by atoms with Crippen LogP contribution in [0, 0.1) is 0 Å². The van der Waals surface area contributed by atoms with Crippen LogP contribution in [0.5, 0.6) is 5.75 Å². The van der Waals surface area contributed by atoms with Gasteiger partial charge in [0.1, 0.15) is 17.3 Å². The molecule has 2 N–H and O–H groups in total. The zero-order valence-electron chi connectivity index (χ0n) is 15.2. The third kappa shape index (κ3) is 4.27. The molecule has 3 aromatic rings. The summed E-state index contributed by atoms with van der Waals surface area (Å²) in [7, 11) is 3.89. The molecule has 0 aliphatic rings. The van der Waals surface area contributed by atoms with E-state index in [1.165, 1.54) is 12.1 Å². The average molecular weight is 363 g/mol. The first kappa shape index (κ1) is 18.5. The second kappa shape index (κ2) is 7.93. The van der Waals surface area contributed by atoms with Crippen molar-refractivity contribution < 1.29 is 19.4 Å². The molecule has 0 fully saturated rings. The van der Waals surface area contributed by atoms with Crippen LogP contribution in [0.3, 0.4) is 0 Å². The fraction of sp³-hybridized carbons (Fsp3) is 0.136. The number of hydrogen-bond donors (Lipinski definition) is 2. The van der Waals surface area contributed by atoms with E-state index in [1.54, 1.807) is 42.5 Å². The van der Waals surface area contributed by atoms with Gasteiger partial charge in [0.15, 0.2) is 5.78 Å². The second-order valence-corrected chi connectivity index (χ2v) is 6.34. The Morgan fingerprint density at radius 2 is 1.81 bits per heavy atom. The minimum absolute atomic E-state index is 0.0406. The maximum Gasteiger partial charge on any atom is 0.185 e. The van der Waals surface area contributed by atoms with Gasteiger partial charge >= 0.3 is 0 Å². The van der Waals surface area contributed by atoms with Gasteiger partial charge in [0.05, 0.1) is 6.61 Å². The highest BCUT2D eigenvalue weighted by Gasteiger charge is 2.08. The van der Waals surface area contributed by atoms with Gasteiger partial charge in [0.2, 0.25) is 0 Å². The van der Waals surface area contributed by atoms with Crippen molar-refractivity contribution in [2.75, 3.05) is 19.0 Å². The van der Waals surface area contributed by atoms with Crippen molar-refractivity contribution in [2.24, 2.45) is 0 Å². The molecule has 3 rings (SSSR count). The summed E-state index contributed by atoms with van der Waals surface area (Å²) < 4.78 is 5.74. The van der Waals surface area contributed by atoms with E-state index in [0.29, 0.717) is 22.6 Å². The van der Waals surface area contributed by atoms with E-state index in [9.17, 15) is 15.0 Å². The standard InChI is InChI=1S/C22H21NO4/c1-23(2)18-6-3-15(4-7-18)20(25)11-8-19-9-12-22(27-19)16-5-10-21(26)17(13-16)14-24/h3-13,24,26H,14H2,1-2H3/b11-8+. The Morgan fingerprint density at radius 1 is 1.07 bits per heavy atom. The number of hydrogen-bond acceptors (Lipinski definition) is 5. The lowest BCUT2D eigenvalue weighted by molar-refractivity contribution is 0.104. The summed E-state index contributed by atoms with van der Waals surface area (Å²) in [6, 6.07) is 15.8. The van der Waals surface area contributed by atoms with Crippen molar-refractivity contribution in [3.63, 3.8) is 0 Å². The summed E-state index contributed by atoms with van der Waals surface area (Å²) in [6.45, 7) is -0.256. The van der Waals surface area contributed by atoms with Crippen molar-refractivity contribution in [2.45, 2.75) is 6.61 Å². The predicted octanol–water partition coefficient (Wildman–Crippen LogP) is 4.11. The number of nitrogens with zero attached hydrogens (tertiary/aromatic N) is 1. The number of aliphatic hydroxyl groups is 1. The fourth-order valence-corrected chi connectivity index (χ4v) is 2.64. The summed E-state index contributed by atoms with van der Waals surface area (Å²) in [5, 5.41) is 18.9. The van der Waals surface area contributed by atoms with Crippen LogP contribution >= 0.6 is 0 Å². The number of carbonyl (C=O) groups excluding carboxylic acids is 1. The van der Waals surface area contributed by atoms with Crippen LogP contribution in [0.2, 0.25) is 0 Å². The first-order chi connectivity index (χ1) is 13.0. The highest BCUT2D eigenvalue weighted by Crippen LogP contribution is 2.28. The van der Waals surface area contributed by atoms with Crippen LogP contribution < -0.4 is 4.90 Å². The Bertz CT molecular complexity index is 968. The first-order valence-electron chi connectivity index (χ1n) is 8.50. The van der Waals surface area contributed by atoms with Gasteiger partial charge in [0.25, 0.3) is 0 Å². The molecule has 27 heavy (non-hydrogen) atoms. The molecule has 2 aromatic carbocycles. The van der Waals surface area contributed by atoms with Crippen molar-refractivity contribution in [1.29, 1.82) is 0 Å². The SMILES string of the molecule is CN(C)c1ccc(C(=O)/C=C/c2ccc(-c3ccc(O)c(CO)c3)o2)cc1. The molecular weight excluding hydrogens is 342 g/mol. The number of rotatable bonds is 6. The van der Waals surface area contributed by atoms with Gasteiger partial charge in [-0.2, -0.15) is 0 Å². The number of ketones is 1. The molecule has 0 aliphatic heterocycles. The highest BCUT2D eigenvalue weighted by atomic mass is 16.3. The Balaban J connectivity index is 1.74. The largest absolute Gasteiger partial charge is 0.508 e. The first-order valence-corrected chi connectivity index (χ1v) is 8.50. The second-order valence-electron chi connectivity index (χ2n) is 6.34.